The molecule has 9 aromatic rings. The number of esters is 1. The first-order valence-corrected chi connectivity index (χ1v) is 35.3. The van der Waals surface area contributed by atoms with Gasteiger partial charge in [0.25, 0.3) is 39.1 Å². The Kier molecular flexibility index (Phi) is 30.5. The Morgan fingerprint density at radius 2 is 0.691 bits per heavy atom. The number of rotatable bonds is 16. The summed E-state index contributed by atoms with van der Waals surface area (Å²) in [6, 6.07) is 28.0. The van der Waals surface area contributed by atoms with E-state index in [0.717, 1.165) is 104 Å². The summed E-state index contributed by atoms with van der Waals surface area (Å²) in [7, 11) is -11.0. The molecule has 0 aliphatic rings. The number of anilines is 4. The number of nitro benzene ring substituents is 1. The number of nitrogens with two attached hydrogens (primary N) is 1. The summed E-state index contributed by atoms with van der Waals surface area (Å²) in [6.45, 7) is -0.623. The van der Waals surface area contributed by atoms with E-state index >= 15 is 0 Å². The van der Waals surface area contributed by atoms with E-state index in [4.69, 9.17) is 36.8 Å². The molecule has 9 aromatic carbocycles. The second kappa shape index (κ2) is 36.9. The van der Waals surface area contributed by atoms with Crippen LogP contribution in [0.5, 0.6) is 0 Å². The van der Waals surface area contributed by atoms with Crippen LogP contribution in [-0.4, -0.2) is 90.0 Å². The number of aliphatic hydroxyl groups is 1. The second-order valence-corrected chi connectivity index (χ2v) is 28.2. The Morgan fingerprint density at radius 3 is 0.982 bits per heavy atom. The zero-order chi connectivity index (χ0) is 83.6. The normalized spacial score (nSPS) is 11.6. The van der Waals surface area contributed by atoms with Crippen molar-refractivity contribution in [2.45, 2.75) is 50.9 Å². The number of nitro groups is 1. The van der Waals surface area contributed by atoms with Gasteiger partial charge in [0.05, 0.1) is 99.9 Å². The number of carboxylic acid groups (broad SMARTS) is 3. The number of hydrogen-bond acceptors (Lipinski definition) is 17. The first-order chi connectivity index (χ1) is 50.6. The number of aromatic carboxylic acids is 3. The first-order valence-electron chi connectivity index (χ1n) is 28.5. The number of alkyl halides is 12. The number of nitrogens with zero attached hydrogens (tertiary/aromatic N) is 1. The fourth-order valence-electron chi connectivity index (χ4n) is 7.86. The van der Waals surface area contributed by atoms with Crippen molar-refractivity contribution in [1.82, 2.24) is 0 Å². The van der Waals surface area contributed by atoms with Crippen LogP contribution in [0.3, 0.4) is 0 Å². The SMILES string of the molecule is COC(=O)c1cccc(NS(=O)(=O)c2ccc(C(F)(F)F)cc2)c1F.Nc1cccc(C(=O)O)c1F.O=C(O)c1cccc(NS(=O)(=O)c2ccc(C(F)(F)F)cc2)c1F.O=C(O)c1cccc([N+](=O)[O-])c1F.O=S(=O)(Cl)c1ccc(C(F)(F)F)cc1.O=S(=O)(Nc1cccc(CO)c1F)c1ccc(C(F)(F)F)cc1. The molecule has 9 N–H and O–H groups in total. The lowest BCUT2D eigenvalue weighted by Crippen LogP contribution is -2.16. The van der Waals surface area contributed by atoms with Gasteiger partial charge in [-0.1, -0.05) is 36.4 Å². The van der Waals surface area contributed by atoms with Crippen molar-refractivity contribution in [3.05, 3.63) is 277 Å². The summed E-state index contributed by atoms with van der Waals surface area (Å²) < 4.78 is 320. The number of ether oxygens (including phenoxy) is 1. The van der Waals surface area contributed by atoms with Crippen molar-refractivity contribution in [2.24, 2.45) is 0 Å². The number of aliphatic hydroxyl groups excluding tert-OH is 1. The van der Waals surface area contributed by atoms with Gasteiger partial charge in [-0.3, -0.25) is 24.3 Å². The van der Waals surface area contributed by atoms with Crippen LogP contribution in [0.25, 0.3) is 0 Å². The molecule has 0 radical (unpaired) electrons. The number of sulfonamides is 3. The van der Waals surface area contributed by atoms with Crippen LogP contribution in [0.4, 0.5) is 103 Å². The van der Waals surface area contributed by atoms with Gasteiger partial charge in [-0.15, -0.1) is 0 Å². The molecule has 590 valence electrons. The number of halogens is 18. The molecule has 0 heterocycles. The van der Waals surface area contributed by atoms with Gasteiger partial charge in [-0.25, -0.2) is 70.4 Å². The Morgan fingerprint density at radius 1 is 0.418 bits per heavy atom. The molecule has 0 saturated carbocycles. The Balaban J connectivity index is 0.000000286. The molecule has 0 aromatic heterocycles. The maximum Gasteiger partial charge on any atom is 0.416 e. The van der Waals surface area contributed by atoms with E-state index < -0.39 is 210 Å². The average Bonchev–Trinajstić information content (AvgIpc) is 0.763. The molecular weight excluding hydrogens is 1630 g/mol. The smallest absolute Gasteiger partial charge is 0.416 e. The molecule has 24 nitrogen and oxygen atoms in total. The third-order valence-corrected chi connectivity index (χ3v) is 18.7. The number of benzene rings is 9. The molecule has 46 heteroatoms. The van der Waals surface area contributed by atoms with Gasteiger partial charge in [0.1, 0.15) is 5.56 Å². The molecule has 0 amide bonds. The van der Waals surface area contributed by atoms with Gasteiger partial charge in [-0.2, -0.15) is 57.1 Å². The summed E-state index contributed by atoms with van der Waals surface area (Å²) in [6.07, 6.45) is -18.3. The van der Waals surface area contributed by atoms with Crippen LogP contribution in [0.1, 0.15) is 69.2 Å². The molecule has 0 spiro atoms. The fraction of sp³-hybridized carbons (Fsp3) is 0.0938. The number of carboxylic acids is 3. The zero-order valence-corrected chi connectivity index (χ0v) is 58.0. The number of hydrogen-bond donors (Lipinski definition) is 8. The Bertz CT molecular complexity index is 5290. The molecule has 9 rings (SSSR count). The van der Waals surface area contributed by atoms with Crippen molar-refractivity contribution in [3.63, 3.8) is 0 Å². The number of nitrogen functional groups attached to an aromatic ring is 1. The van der Waals surface area contributed by atoms with E-state index in [1.54, 1.807) is 0 Å². The Labute approximate surface area is 612 Å². The van der Waals surface area contributed by atoms with Crippen LogP contribution in [0.2, 0.25) is 0 Å². The highest BCUT2D eigenvalue weighted by molar-refractivity contribution is 8.13. The molecule has 0 atom stereocenters. The van der Waals surface area contributed by atoms with E-state index in [1.165, 1.54) is 30.3 Å². The standard InChI is InChI=1S/C15H11F4NO4S.C14H9F4NO4S.C14H11F4NO3S.C7H4ClF3O2S.C7H4FNO4.C7H6FNO2/c1-24-14(21)11-3-2-4-12(13(11)16)20-25(22,23)10-7-5-9(6-8-10)15(17,18)19;15-12-10(13(20)21)2-1-3-11(12)19-24(22,23)9-6-4-8(5-7-9)14(16,17)18;15-13-9(8-20)2-1-3-12(13)19-23(21,22)11-6-4-10(5-7-11)14(16,17)18;8-14(12,13)6-3-1-5(2-4-6)7(9,10)11;8-6-4(7(10)11)2-1-3-5(6)9(12)13;8-6-4(7(10)11)2-1-3-5(6)9/h2-8,20H,1H3;1-7,19H,(H,20,21);1-7,19-20H,8H2;1-4H;1-3H,(H,10,11);1-3H,9H2,(H,10,11). The molecule has 0 unspecified atom stereocenters. The average molecular weight is 1670 g/mol. The molecular formula is C64H45ClF17N5O19S4. The number of methoxy groups -OCH3 is 1. The molecule has 0 bridgehead atoms. The van der Waals surface area contributed by atoms with Crippen LogP contribution < -0.4 is 19.9 Å². The summed E-state index contributed by atoms with van der Waals surface area (Å²) in [5.74, 6) is -11.1. The summed E-state index contributed by atoms with van der Waals surface area (Å²) >= 11 is 0. The van der Waals surface area contributed by atoms with Crippen molar-refractivity contribution in [2.75, 3.05) is 27.0 Å². The lowest BCUT2D eigenvalue weighted by atomic mass is 10.2. The van der Waals surface area contributed by atoms with Crippen molar-refractivity contribution in [1.29, 1.82) is 0 Å². The predicted octanol–water partition coefficient (Wildman–Crippen LogP) is 15.1. The number of carbonyl (C=O) groups excluding carboxylic acids is 1. The van der Waals surface area contributed by atoms with Crippen molar-refractivity contribution >= 4 is 102 Å². The van der Waals surface area contributed by atoms with E-state index in [2.05, 4.69) is 4.74 Å². The van der Waals surface area contributed by atoms with Gasteiger partial charge in [0, 0.05) is 22.3 Å². The molecule has 0 aliphatic heterocycles. The largest absolute Gasteiger partial charge is 0.478 e. The topological polar surface area (TPSA) is 400 Å². The van der Waals surface area contributed by atoms with Crippen LogP contribution >= 0.6 is 10.7 Å². The van der Waals surface area contributed by atoms with Crippen molar-refractivity contribution in [3.8, 4) is 0 Å². The van der Waals surface area contributed by atoms with Gasteiger partial charge in [-0.05, 0) is 146 Å². The van der Waals surface area contributed by atoms with Gasteiger partial charge in [0.2, 0.25) is 5.82 Å². The number of nitrogens with one attached hydrogen (secondary N) is 3. The summed E-state index contributed by atoms with van der Waals surface area (Å²) in [4.78, 5) is 50.2. The zero-order valence-electron chi connectivity index (χ0n) is 54.0. The van der Waals surface area contributed by atoms with E-state index in [0.29, 0.717) is 60.7 Å². The van der Waals surface area contributed by atoms with Gasteiger partial charge >= 0.3 is 54.3 Å². The third kappa shape index (κ3) is 25.5. The minimum atomic E-state index is -4.63. The summed E-state index contributed by atoms with van der Waals surface area (Å²) in [5, 5.41) is 44.7. The van der Waals surface area contributed by atoms with Crippen LogP contribution in [0, 0.1) is 39.2 Å². The third-order valence-electron chi connectivity index (χ3n) is 13.2. The minimum Gasteiger partial charge on any atom is -0.478 e. The second-order valence-electron chi connectivity index (χ2n) is 20.6. The van der Waals surface area contributed by atoms with E-state index in [9.17, 15) is 138 Å². The van der Waals surface area contributed by atoms with Gasteiger partial charge < -0.3 is 30.9 Å². The predicted molar refractivity (Wildman–Crippen MR) is 352 cm³/mol. The molecule has 110 heavy (non-hydrogen) atoms. The first kappa shape index (κ1) is 90.7. The molecule has 0 fully saturated rings. The van der Waals surface area contributed by atoms with Gasteiger partial charge in [0.15, 0.2) is 23.3 Å². The lowest BCUT2D eigenvalue weighted by Gasteiger charge is -2.12. The minimum absolute atomic E-state index is 0.113. The lowest BCUT2D eigenvalue weighted by molar-refractivity contribution is -0.387. The maximum absolute atomic E-state index is 14.2. The fourth-order valence-corrected chi connectivity index (χ4v) is 11.8. The van der Waals surface area contributed by atoms with E-state index in [1.807, 2.05) is 14.2 Å². The van der Waals surface area contributed by atoms with Crippen LogP contribution in [0.15, 0.2) is 208 Å². The highest BCUT2D eigenvalue weighted by atomic mass is 35.7. The van der Waals surface area contributed by atoms with Crippen molar-refractivity contribution < 1.29 is 158 Å². The quantitative estimate of drug-likeness (QED) is 0.0111. The number of carbonyl (C=O) groups is 4. The highest BCUT2D eigenvalue weighted by Gasteiger charge is 2.35. The monoisotopic (exact) mass is 1670 g/mol. The molecule has 0 saturated heterocycles. The summed E-state index contributed by atoms with van der Waals surface area (Å²) in [5.41, 5.74) is -3.86. The van der Waals surface area contributed by atoms with Crippen LogP contribution in [-0.2, 0) is 75.2 Å². The Hall–Kier alpha value is -11.7. The highest BCUT2D eigenvalue weighted by Crippen LogP contribution is 2.35. The molecule has 0 aliphatic carbocycles. The maximum atomic E-state index is 14.2. The van der Waals surface area contributed by atoms with E-state index in [-0.39, 0.29) is 16.1 Å².